The van der Waals surface area contributed by atoms with Gasteiger partial charge in [0, 0.05) is 14.2 Å². The van der Waals surface area contributed by atoms with Crippen molar-refractivity contribution in [3.8, 4) is 0 Å². The third-order valence-corrected chi connectivity index (χ3v) is 1.47. The van der Waals surface area contributed by atoms with E-state index >= 15 is 0 Å². The minimum atomic E-state index is -1.02. The Morgan fingerprint density at radius 1 is 1.54 bits per heavy atom. The molecule has 0 spiro atoms. The van der Waals surface area contributed by atoms with Crippen LogP contribution in [0.15, 0.2) is 12.2 Å². The molecule has 0 aromatic heterocycles. The van der Waals surface area contributed by atoms with Gasteiger partial charge in [-0.2, -0.15) is 0 Å². The average Bonchev–Trinajstić information content (AvgIpc) is 2.12. The lowest BCUT2D eigenvalue weighted by Gasteiger charge is -2.07. The predicted molar refractivity (Wildman–Crippen MR) is 47.2 cm³/mol. The maximum atomic E-state index is 10.3. The highest BCUT2D eigenvalue weighted by Crippen LogP contribution is 1.96. The van der Waals surface area contributed by atoms with Gasteiger partial charge in [0.05, 0.1) is 0 Å². The number of ether oxygens (including phenoxy) is 2. The van der Waals surface area contributed by atoms with Gasteiger partial charge in [0.1, 0.15) is 6.04 Å². The molecular weight excluding hydrogens is 174 g/mol. The Bertz CT molecular complexity index is 177. The van der Waals surface area contributed by atoms with Gasteiger partial charge in [-0.25, -0.2) is 0 Å². The highest BCUT2D eigenvalue weighted by atomic mass is 16.7. The zero-order valence-electron chi connectivity index (χ0n) is 7.77. The molecule has 76 valence electrons. The van der Waals surface area contributed by atoms with Crippen molar-refractivity contribution in [2.45, 2.75) is 18.8 Å². The van der Waals surface area contributed by atoms with Crippen LogP contribution in [0.3, 0.4) is 0 Å². The van der Waals surface area contributed by atoms with Crippen LogP contribution >= 0.6 is 0 Å². The molecule has 5 heteroatoms. The second kappa shape index (κ2) is 6.59. The largest absolute Gasteiger partial charge is 0.480 e. The molecule has 0 amide bonds. The van der Waals surface area contributed by atoms with E-state index in [2.05, 4.69) is 0 Å². The zero-order valence-corrected chi connectivity index (χ0v) is 7.77. The van der Waals surface area contributed by atoms with Gasteiger partial charge in [-0.05, 0) is 12.5 Å². The molecule has 0 rings (SSSR count). The molecule has 0 aliphatic rings. The zero-order chi connectivity index (χ0) is 10.3. The van der Waals surface area contributed by atoms with Crippen LogP contribution in [-0.4, -0.2) is 37.6 Å². The molecule has 0 aromatic rings. The lowest BCUT2D eigenvalue weighted by Crippen LogP contribution is -2.29. The average molecular weight is 189 g/mol. The Balaban J connectivity index is 3.79. The van der Waals surface area contributed by atoms with Crippen LogP contribution < -0.4 is 5.73 Å². The third-order valence-electron chi connectivity index (χ3n) is 1.47. The second-order valence-electron chi connectivity index (χ2n) is 2.45. The Morgan fingerprint density at radius 2 is 2.08 bits per heavy atom. The maximum Gasteiger partial charge on any atom is 0.320 e. The first-order chi connectivity index (χ1) is 6.11. The van der Waals surface area contributed by atoms with Crippen molar-refractivity contribution in [3.63, 3.8) is 0 Å². The standard InChI is InChI=1S/C8H15NO4/c1-12-7(13-2)5-3-4-6(9)8(10)11/h3,5-7H,4,9H2,1-2H3,(H,10,11)/b5-3+. The molecule has 5 nitrogen and oxygen atoms in total. The smallest absolute Gasteiger partial charge is 0.320 e. The van der Waals surface area contributed by atoms with E-state index in [0.717, 1.165) is 0 Å². The summed E-state index contributed by atoms with van der Waals surface area (Å²) in [5.41, 5.74) is 5.25. The summed E-state index contributed by atoms with van der Waals surface area (Å²) in [6.45, 7) is 0. The molecule has 0 aromatic carbocycles. The van der Waals surface area contributed by atoms with Gasteiger partial charge < -0.3 is 20.3 Å². The molecule has 0 aliphatic carbocycles. The summed E-state index contributed by atoms with van der Waals surface area (Å²) in [5, 5.41) is 8.44. The molecule has 0 heterocycles. The molecule has 0 aliphatic heterocycles. The summed E-state index contributed by atoms with van der Waals surface area (Å²) in [6, 6.07) is -0.870. The van der Waals surface area contributed by atoms with Gasteiger partial charge in [-0.3, -0.25) is 4.79 Å². The van der Waals surface area contributed by atoms with Crippen LogP contribution in [-0.2, 0) is 14.3 Å². The molecule has 0 fully saturated rings. The summed E-state index contributed by atoms with van der Waals surface area (Å²) >= 11 is 0. The first-order valence-corrected chi connectivity index (χ1v) is 3.82. The molecule has 3 N–H and O–H groups in total. The minimum Gasteiger partial charge on any atom is -0.480 e. The lowest BCUT2D eigenvalue weighted by molar-refractivity contribution is -0.138. The number of hydrogen-bond acceptors (Lipinski definition) is 4. The minimum absolute atomic E-state index is 0.262. The van der Waals surface area contributed by atoms with E-state index in [1.54, 1.807) is 12.2 Å². The van der Waals surface area contributed by atoms with Crippen molar-refractivity contribution in [1.29, 1.82) is 0 Å². The van der Waals surface area contributed by atoms with Crippen LogP contribution in [0.4, 0.5) is 0 Å². The van der Waals surface area contributed by atoms with Gasteiger partial charge in [-0.1, -0.05) is 6.08 Å². The third kappa shape index (κ3) is 5.35. The van der Waals surface area contributed by atoms with Crippen LogP contribution in [0.25, 0.3) is 0 Å². The molecule has 1 unspecified atom stereocenters. The summed E-state index contributed by atoms with van der Waals surface area (Å²) in [6.07, 6.45) is 3.05. The summed E-state index contributed by atoms with van der Waals surface area (Å²) in [4.78, 5) is 10.3. The van der Waals surface area contributed by atoms with E-state index in [1.807, 2.05) is 0 Å². The van der Waals surface area contributed by atoms with Gasteiger partial charge >= 0.3 is 5.97 Å². The van der Waals surface area contributed by atoms with E-state index in [4.69, 9.17) is 20.3 Å². The predicted octanol–water partition coefficient (Wildman–Crippen LogP) is -0.0365. The topological polar surface area (TPSA) is 81.8 Å². The molecular formula is C8H15NO4. The Labute approximate surface area is 77.1 Å². The summed E-state index contributed by atoms with van der Waals surface area (Å²) < 4.78 is 9.69. The van der Waals surface area contributed by atoms with Crippen molar-refractivity contribution >= 4 is 5.97 Å². The lowest BCUT2D eigenvalue weighted by atomic mass is 10.2. The van der Waals surface area contributed by atoms with Crippen molar-refractivity contribution < 1.29 is 19.4 Å². The van der Waals surface area contributed by atoms with Crippen LogP contribution in [0, 0.1) is 0 Å². The van der Waals surface area contributed by atoms with Crippen LogP contribution in [0.2, 0.25) is 0 Å². The van der Waals surface area contributed by atoms with Crippen LogP contribution in [0.1, 0.15) is 6.42 Å². The fraction of sp³-hybridized carbons (Fsp3) is 0.625. The number of rotatable bonds is 6. The molecule has 0 saturated heterocycles. The van der Waals surface area contributed by atoms with Gasteiger partial charge in [0.2, 0.25) is 0 Å². The quantitative estimate of drug-likeness (QED) is 0.452. The van der Waals surface area contributed by atoms with E-state index in [-0.39, 0.29) is 6.42 Å². The van der Waals surface area contributed by atoms with Gasteiger partial charge in [0.25, 0.3) is 0 Å². The molecule has 0 bridgehead atoms. The SMILES string of the molecule is COC(/C=C/CC(N)C(=O)O)OC. The number of hydrogen-bond donors (Lipinski definition) is 2. The van der Waals surface area contributed by atoms with Crippen molar-refractivity contribution in [2.75, 3.05) is 14.2 Å². The first-order valence-electron chi connectivity index (χ1n) is 3.82. The number of nitrogens with two attached hydrogens (primary N) is 1. The van der Waals surface area contributed by atoms with E-state index in [0.29, 0.717) is 0 Å². The molecule has 1 atom stereocenters. The molecule has 0 saturated carbocycles. The highest BCUT2D eigenvalue weighted by molar-refractivity contribution is 5.73. The number of carboxylic acid groups (broad SMARTS) is 1. The van der Waals surface area contributed by atoms with Crippen molar-refractivity contribution in [2.24, 2.45) is 5.73 Å². The first kappa shape index (κ1) is 12.1. The Kier molecular flexibility index (Phi) is 6.13. The van der Waals surface area contributed by atoms with Crippen molar-refractivity contribution in [1.82, 2.24) is 0 Å². The highest BCUT2D eigenvalue weighted by Gasteiger charge is 2.08. The monoisotopic (exact) mass is 189 g/mol. The normalized spacial score (nSPS) is 13.8. The van der Waals surface area contributed by atoms with E-state index < -0.39 is 18.3 Å². The molecule has 0 radical (unpaired) electrons. The Hall–Kier alpha value is -0.910. The summed E-state index contributed by atoms with van der Waals surface area (Å²) in [7, 11) is 2.99. The van der Waals surface area contributed by atoms with Crippen LogP contribution in [0.5, 0.6) is 0 Å². The Morgan fingerprint density at radius 3 is 2.46 bits per heavy atom. The van der Waals surface area contributed by atoms with Gasteiger partial charge in [0.15, 0.2) is 6.29 Å². The van der Waals surface area contributed by atoms with Crippen molar-refractivity contribution in [3.05, 3.63) is 12.2 Å². The maximum absolute atomic E-state index is 10.3. The van der Waals surface area contributed by atoms with E-state index in [9.17, 15) is 4.79 Å². The fourth-order valence-corrected chi connectivity index (χ4v) is 0.690. The fourth-order valence-electron chi connectivity index (χ4n) is 0.690. The summed E-state index contributed by atoms with van der Waals surface area (Å²) in [5.74, 6) is -1.02. The number of aliphatic carboxylic acids is 1. The van der Waals surface area contributed by atoms with Gasteiger partial charge in [-0.15, -0.1) is 0 Å². The number of carboxylic acids is 1. The molecule has 13 heavy (non-hydrogen) atoms. The number of methoxy groups -OCH3 is 2. The number of carbonyl (C=O) groups is 1. The second-order valence-corrected chi connectivity index (χ2v) is 2.45. The van der Waals surface area contributed by atoms with E-state index in [1.165, 1.54) is 14.2 Å².